The van der Waals surface area contributed by atoms with E-state index < -0.39 is 39.0 Å². The molecule has 1 amide bonds. The number of fused-ring (bicyclic) bond motifs is 2. The molecule has 1 saturated heterocycles. The summed E-state index contributed by atoms with van der Waals surface area (Å²) in [7, 11) is -6.15. The molecule has 4 heterocycles. The average molecular weight is 1030 g/mol. The number of hydrogen-bond donors (Lipinski definition) is 3. The Bertz CT molecular complexity index is 2930. The maximum Gasteiger partial charge on any atom is 0.344 e. The summed E-state index contributed by atoms with van der Waals surface area (Å²) in [4.78, 5) is 41.9. The number of carbonyl (C=O) groups excluding carboxylic acids is 1. The van der Waals surface area contributed by atoms with E-state index in [0.717, 1.165) is 74.1 Å². The zero-order chi connectivity index (χ0) is 50.5. The summed E-state index contributed by atoms with van der Waals surface area (Å²) in [6.45, 7) is 14.0. The zero-order valence-corrected chi connectivity index (χ0v) is 43.4. The molecule has 71 heavy (non-hydrogen) atoms. The Morgan fingerprint density at radius 2 is 1.75 bits per heavy atom. The number of nitro benzene ring substituents is 1. The first-order valence-corrected chi connectivity index (χ1v) is 27.7. The van der Waals surface area contributed by atoms with Crippen molar-refractivity contribution in [3.63, 3.8) is 0 Å². The second-order valence-corrected chi connectivity index (χ2v) is 23.1. The maximum atomic E-state index is 14.4. The summed E-state index contributed by atoms with van der Waals surface area (Å²) in [6.07, 6.45) is 5.53. The summed E-state index contributed by atoms with van der Waals surface area (Å²) < 4.78 is 59.9. The number of piperazine rings is 1. The SMILES string of the molecule is CCOP(=O)(CN(C)CCCNc1ccc(S(=O)(=O)NC(=O)c2ccc(N3CCN(CC4=C(c5ccc(Cl)cc5)CC(C)(C)CC4)CC3)cc2N2CCOc3nc4[nH]ccc4cc32)cc1[N+](=O)[O-])OCC. The fraction of sp³-hybridized carbons (Fsp3) is 0.440. The molecule has 1 fully saturated rings. The van der Waals surface area contributed by atoms with Gasteiger partial charge in [0.1, 0.15) is 29.9 Å². The van der Waals surface area contributed by atoms with Gasteiger partial charge in [0.25, 0.3) is 21.6 Å². The molecule has 3 N–H and O–H groups in total. The molecule has 0 unspecified atom stereocenters. The van der Waals surface area contributed by atoms with Crippen LogP contribution >= 0.6 is 19.2 Å². The van der Waals surface area contributed by atoms with Crippen molar-refractivity contribution in [2.24, 2.45) is 5.41 Å². The molecule has 2 aromatic heterocycles. The highest BCUT2D eigenvalue weighted by atomic mass is 35.5. The largest absolute Gasteiger partial charge is 0.474 e. The summed E-state index contributed by atoms with van der Waals surface area (Å²) in [6, 6.07) is 20.8. The number of amides is 1. The summed E-state index contributed by atoms with van der Waals surface area (Å²) >= 11 is 6.27. The Hall–Kier alpha value is -5.53. The molecule has 21 heteroatoms. The van der Waals surface area contributed by atoms with Gasteiger partial charge in [0, 0.05) is 74.2 Å². The molecule has 8 rings (SSSR count). The first-order valence-electron chi connectivity index (χ1n) is 24.1. The molecule has 0 atom stereocenters. The van der Waals surface area contributed by atoms with Gasteiger partial charge in [-0.1, -0.05) is 43.2 Å². The van der Waals surface area contributed by atoms with Crippen LogP contribution in [0, 0.1) is 15.5 Å². The summed E-state index contributed by atoms with van der Waals surface area (Å²) in [5, 5.41) is 16.9. The highest BCUT2D eigenvalue weighted by Crippen LogP contribution is 2.48. The van der Waals surface area contributed by atoms with Crippen molar-refractivity contribution in [2.75, 3.05) is 101 Å². The van der Waals surface area contributed by atoms with Gasteiger partial charge in [0.2, 0.25) is 5.88 Å². The monoisotopic (exact) mass is 1030 g/mol. The van der Waals surface area contributed by atoms with Crippen LogP contribution in [-0.2, 0) is 23.6 Å². The maximum absolute atomic E-state index is 14.4. The standard InChI is InChI=1S/C50H63ClN9O9PS/c1-6-68-70(64,69-7-2)34-56(5)22-8-20-52-43-16-14-40(31-45(43)60(62)63)71(65,66)55-48(61)41-15-13-39(30-44(41)59-27-28-67-49-46(59)29-36-18-21-53-47(36)54-49)58-25-23-57(24-26-58)33-37-17-19-50(3,4)32-42(37)35-9-11-38(51)12-10-35/h9-16,18,21,29-31,52H,6-8,17,19-20,22-28,32-34H2,1-5H3,(H,53,54)(H,55,61). The number of ether oxygens (including phenoxy) is 1. The van der Waals surface area contributed by atoms with Crippen molar-refractivity contribution in [1.29, 1.82) is 0 Å². The van der Waals surface area contributed by atoms with Gasteiger partial charge in [-0.05, 0) is 118 Å². The van der Waals surface area contributed by atoms with Crippen molar-refractivity contribution in [3.8, 4) is 5.88 Å². The number of hydrogen-bond acceptors (Lipinski definition) is 15. The number of halogens is 1. The molecule has 5 aromatic rings. The zero-order valence-electron chi connectivity index (χ0n) is 40.9. The van der Waals surface area contributed by atoms with E-state index in [-0.39, 0.29) is 49.3 Å². The Morgan fingerprint density at radius 1 is 1.00 bits per heavy atom. The molecular formula is C50H63ClN9O9PS. The molecule has 380 valence electrons. The average Bonchev–Trinajstić information content (AvgIpc) is 3.80. The smallest absolute Gasteiger partial charge is 0.344 e. The Kier molecular flexibility index (Phi) is 16.1. The predicted octanol–water partition coefficient (Wildman–Crippen LogP) is 9.52. The van der Waals surface area contributed by atoms with Gasteiger partial charge in [0.15, 0.2) is 0 Å². The second-order valence-electron chi connectivity index (χ2n) is 18.9. The van der Waals surface area contributed by atoms with Gasteiger partial charge < -0.3 is 33.9 Å². The van der Waals surface area contributed by atoms with E-state index in [1.54, 1.807) is 38.1 Å². The number of carbonyl (C=O) groups is 1. The molecule has 18 nitrogen and oxygen atoms in total. The van der Waals surface area contributed by atoms with Crippen molar-refractivity contribution in [3.05, 3.63) is 111 Å². The van der Waals surface area contributed by atoms with Crippen LogP contribution in [0.1, 0.15) is 69.3 Å². The predicted molar refractivity (Wildman–Crippen MR) is 279 cm³/mol. The lowest BCUT2D eigenvalue weighted by Crippen LogP contribution is -2.47. The van der Waals surface area contributed by atoms with Crippen LogP contribution in [0.5, 0.6) is 5.88 Å². The van der Waals surface area contributed by atoms with Crippen LogP contribution in [0.2, 0.25) is 5.02 Å². The molecule has 2 aliphatic heterocycles. The third kappa shape index (κ3) is 12.4. The number of benzene rings is 3. The normalized spacial score (nSPS) is 16.5. The van der Waals surface area contributed by atoms with Gasteiger partial charge in [-0.15, -0.1) is 0 Å². The van der Waals surface area contributed by atoms with E-state index in [0.29, 0.717) is 42.4 Å². The molecule has 3 aliphatic rings. The number of rotatable bonds is 20. The first-order chi connectivity index (χ1) is 33.9. The van der Waals surface area contributed by atoms with Crippen molar-refractivity contribution >= 4 is 80.2 Å². The van der Waals surface area contributed by atoms with Crippen LogP contribution in [0.4, 0.5) is 28.4 Å². The molecule has 0 bridgehead atoms. The van der Waals surface area contributed by atoms with Crippen molar-refractivity contribution < 1.29 is 36.5 Å². The lowest BCUT2D eigenvalue weighted by atomic mass is 9.72. The van der Waals surface area contributed by atoms with Gasteiger partial charge in [-0.25, -0.2) is 13.1 Å². The number of aromatic amines is 1. The van der Waals surface area contributed by atoms with Gasteiger partial charge in [0.05, 0.1) is 40.8 Å². The number of aromatic nitrogens is 2. The van der Waals surface area contributed by atoms with Crippen LogP contribution in [0.3, 0.4) is 0 Å². The van der Waals surface area contributed by atoms with E-state index in [9.17, 15) is 27.9 Å². The molecule has 3 aromatic carbocycles. The lowest BCUT2D eigenvalue weighted by Gasteiger charge is -2.39. The van der Waals surface area contributed by atoms with Crippen molar-refractivity contribution in [1.82, 2.24) is 24.5 Å². The van der Waals surface area contributed by atoms with Crippen LogP contribution in [0.25, 0.3) is 16.6 Å². The van der Waals surface area contributed by atoms with E-state index in [2.05, 4.69) is 50.8 Å². The number of anilines is 4. The van der Waals surface area contributed by atoms with Crippen molar-refractivity contribution in [2.45, 2.75) is 58.3 Å². The summed E-state index contributed by atoms with van der Waals surface area (Å²) in [5.41, 5.74) is 6.59. The number of nitro groups is 1. The fourth-order valence-electron chi connectivity index (χ4n) is 9.55. The van der Waals surface area contributed by atoms with Gasteiger partial charge >= 0.3 is 7.60 Å². The third-order valence-electron chi connectivity index (χ3n) is 13.2. The highest BCUT2D eigenvalue weighted by molar-refractivity contribution is 7.90. The van der Waals surface area contributed by atoms with Crippen LogP contribution < -0.4 is 24.6 Å². The minimum Gasteiger partial charge on any atom is -0.474 e. The first kappa shape index (κ1) is 51.8. The Balaban J connectivity index is 1.00. The Labute approximate surface area is 420 Å². The fourth-order valence-corrected chi connectivity index (χ4v) is 12.4. The number of pyridine rings is 1. The minimum atomic E-state index is -4.63. The summed E-state index contributed by atoms with van der Waals surface area (Å²) in [5.74, 6) is -0.544. The second kappa shape index (κ2) is 22.1. The number of sulfonamides is 1. The quantitative estimate of drug-likeness (QED) is 0.0287. The van der Waals surface area contributed by atoms with E-state index in [1.165, 1.54) is 28.8 Å². The molecule has 0 spiro atoms. The number of nitrogens with one attached hydrogen (secondary N) is 3. The van der Waals surface area contributed by atoms with Crippen LogP contribution in [-0.4, -0.2) is 125 Å². The third-order valence-corrected chi connectivity index (χ3v) is 16.9. The molecular weight excluding hydrogens is 969 g/mol. The molecule has 0 saturated carbocycles. The molecule has 0 radical (unpaired) electrons. The number of H-pyrrole nitrogens is 1. The topological polar surface area (TPSA) is 205 Å². The highest BCUT2D eigenvalue weighted by Gasteiger charge is 2.33. The van der Waals surface area contributed by atoms with E-state index in [4.69, 9.17) is 30.4 Å². The lowest BCUT2D eigenvalue weighted by molar-refractivity contribution is -0.384. The van der Waals surface area contributed by atoms with E-state index in [1.807, 2.05) is 41.3 Å². The van der Waals surface area contributed by atoms with Gasteiger partial charge in [-0.3, -0.25) is 29.3 Å². The van der Waals surface area contributed by atoms with E-state index >= 15 is 0 Å². The van der Waals surface area contributed by atoms with Crippen LogP contribution in [0.15, 0.2) is 89.5 Å². The Morgan fingerprint density at radius 3 is 2.46 bits per heavy atom. The van der Waals surface area contributed by atoms with Gasteiger partial charge in [-0.2, -0.15) is 4.98 Å². The minimum absolute atomic E-state index is 0.0793. The number of allylic oxidation sites excluding steroid dienone is 1. The molecule has 1 aliphatic carbocycles. The number of nitrogens with zero attached hydrogens (tertiary/aromatic N) is 6.